The number of carbonyl (C=O) groups excluding carboxylic acids is 3. The van der Waals surface area contributed by atoms with Gasteiger partial charge in [-0.2, -0.15) is 0 Å². The molecule has 0 unspecified atom stereocenters. The van der Waals surface area contributed by atoms with Gasteiger partial charge in [-0.3, -0.25) is 14.4 Å². The van der Waals surface area contributed by atoms with Crippen molar-refractivity contribution in [1.82, 2.24) is 15.1 Å². The molecular weight excluding hydrogens is 330 g/mol. The van der Waals surface area contributed by atoms with Gasteiger partial charge in [0.25, 0.3) is 0 Å². The SMILES string of the molecule is CC(C)(C(=O)NCc1ccccc1Cl)C(=O)N1CCN(C=O)CC1. The highest BCUT2D eigenvalue weighted by atomic mass is 35.5. The Morgan fingerprint density at radius 3 is 2.42 bits per heavy atom. The number of hydrogen-bond acceptors (Lipinski definition) is 3. The average molecular weight is 352 g/mol. The summed E-state index contributed by atoms with van der Waals surface area (Å²) in [4.78, 5) is 39.1. The van der Waals surface area contributed by atoms with Crippen molar-refractivity contribution in [3.05, 3.63) is 34.9 Å². The first-order chi connectivity index (χ1) is 11.4. The fourth-order valence-electron chi connectivity index (χ4n) is 2.56. The van der Waals surface area contributed by atoms with Gasteiger partial charge in [-0.1, -0.05) is 29.8 Å². The van der Waals surface area contributed by atoms with Crippen molar-refractivity contribution < 1.29 is 14.4 Å². The summed E-state index contributed by atoms with van der Waals surface area (Å²) in [5, 5.41) is 3.36. The monoisotopic (exact) mass is 351 g/mol. The summed E-state index contributed by atoms with van der Waals surface area (Å²) in [6, 6.07) is 7.25. The van der Waals surface area contributed by atoms with Gasteiger partial charge in [0.2, 0.25) is 18.2 Å². The van der Waals surface area contributed by atoms with Gasteiger partial charge < -0.3 is 15.1 Å². The Bertz CT molecular complexity index is 625. The van der Waals surface area contributed by atoms with E-state index < -0.39 is 5.41 Å². The van der Waals surface area contributed by atoms with Gasteiger partial charge in [0, 0.05) is 37.7 Å². The zero-order chi connectivity index (χ0) is 17.7. The zero-order valence-electron chi connectivity index (χ0n) is 13.9. The third-order valence-corrected chi connectivity index (χ3v) is 4.62. The average Bonchev–Trinajstić information content (AvgIpc) is 2.60. The van der Waals surface area contributed by atoms with Gasteiger partial charge in [0.15, 0.2) is 0 Å². The standard InChI is InChI=1S/C17H22ClN3O3/c1-17(2,16(24)21-9-7-20(12-22)8-10-21)15(23)19-11-13-5-3-4-6-14(13)18/h3-6,12H,7-11H2,1-2H3,(H,19,23). The summed E-state index contributed by atoms with van der Waals surface area (Å²) in [5.74, 6) is -0.574. The maximum atomic E-state index is 12.7. The van der Waals surface area contributed by atoms with Crippen LogP contribution >= 0.6 is 11.6 Å². The van der Waals surface area contributed by atoms with Crippen LogP contribution in [-0.4, -0.2) is 54.2 Å². The van der Waals surface area contributed by atoms with E-state index in [1.165, 1.54) is 0 Å². The van der Waals surface area contributed by atoms with Crippen LogP contribution in [0.1, 0.15) is 19.4 Å². The molecule has 1 aromatic rings. The van der Waals surface area contributed by atoms with Gasteiger partial charge in [-0.25, -0.2) is 0 Å². The van der Waals surface area contributed by atoms with Gasteiger partial charge in [0.1, 0.15) is 5.41 Å². The van der Waals surface area contributed by atoms with Crippen LogP contribution in [-0.2, 0) is 20.9 Å². The van der Waals surface area contributed by atoms with E-state index in [2.05, 4.69) is 5.32 Å². The Hall–Kier alpha value is -2.08. The zero-order valence-corrected chi connectivity index (χ0v) is 14.7. The van der Waals surface area contributed by atoms with Crippen LogP contribution in [0.5, 0.6) is 0 Å². The molecular formula is C17H22ClN3O3. The predicted octanol–water partition coefficient (Wildman–Crippen LogP) is 1.28. The van der Waals surface area contributed by atoms with Crippen molar-refractivity contribution in [3.63, 3.8) is 0 Å². The lowest BCUT2D eigenvalue weighted by atomic mass is 9.90. The number of hydrogen-bond donors (Lipinski definition) is 1. The minimum atomic E-state index is -1.18. The van der Waals surface area contributed by atoms with Crippen molar-refractivity contribution >= 4 is 29.8 Å². The summed E-state index contributed by atoms with van der Waals surface area (Å²) in [6.45, 7) is 5.37. The smallest absolute Gasteiger partial charge is 0.237 e. The van der Waals surface area contributed by atoms with E-state index in [1.807, 2.05) is 18.2 Å². The molecule has 0 saturated carbocycles. The van der Waals surface area contributed by atoms with E-state index in [-0.39, 0.29) is 18.4 Å². The van der Waals surface area contributed by atoms with Crippen LogP contribution in [0.3, 0.4) is 0 Å². The van der Waals surface area contributed by atoms with Gasteiger partial charge >= 0.3 is 0 Å². The van der Waals surface area contributed by atoms with Crippen LogP contribution in [0, 0.1) is 5.41 Å². The molecule has 1 heterocycles. The van der Waals surface area contributed by atoms with Crippen LogP contribution in [0.2, 0.25) is 5.02 Å². The summed E-state index contributed by atoms with van der Waals surface area (Å²) < 4.78 is 0. The van der Waals surface area contributed by atoms with Crippen LogP contribution in [0.25, 0.3) is 0 Å². The first kappa shape index (κ1) is 18.3. The van der Waals surface area contributed by atoms with Crippen LogP contribution < -0.4 is 5.32 Å². The number of piperazine rings is 1. The number of rotatable bonds is 5. The fraction of sp³-hybridized carbons (Fsp3) is 0.471. The third-order valence-electron chi connectivity index (χ3n) is 4.25. The van der Waals surface area contributed by atoms with Crippen molar-refractivity contribution in [2.75, 3.05) is 26.2 Å². The van der Waals surface area contributed by atoms with Crippen LogP contribution in [0.4, 0.5) is 0 Å². The maximum Gasteiger partial charge on any atom is 0.237 e. The molecule has 0 bridgehead atoms. The van der Waals surface area contributed by atoms with Crippen LogP contribution in [0.15, 0.2) is 24.3 Å². The Morgan fingerprint density at radius 1 is 1.21 bits per heavy atom. The topological polar surface area (TPSA) is 69.7 Å². The number of amides is 3. The predicted molar refractivity (Wildman–Crippen MR) is 91.3 cm³/mol. The largest absolute Gasteiger partial charge is 0.351 e. The second kappa shape index (κ2) is 7.66. The molecule has 1 N–H and O–H groups in total. The molecule has 0 aromatic heterocycles. The van der Waals surface area contributed by atoms with E-state index in [1.54, 1.807) is 29.7 Å². The Morgan fingerprint density at radius 2 is 1.83 bits per heavy atom. The highest BCUT2D eigenvalue weighted by Crippen LogP contribution is 2.21. The molecule has 2 rings (SSSR count). The maximum absolute atomic E-state index is 12.7. The van der Waals surface area contributed by atoms with Gasteiger partial charge in [0.05, 0.1) is 0 Å². The quantitative estimate of drug-likeness (QED) is 0.642. The van der Waals surface area contributed by atoms with Gasteiger partial charge in [-0.15, -0.1) is 0 Å². The van der Waals surface area contributed by atoms with E-state index in [4.69, 9.17) is 11.6 Å². The van der Waals surface area contributed by atoms with Crippen molar-refractivity contribution in [2.45, 2.75) is 20.4 Å². The molecule has 1 aromatic carbocycles. The van der Waals surface area contributed by atoms with Crippen molar-refractivity contribution in [2.24, 2.45) is 5.41 Å². The fourth-order valence-corrected chi connectivity index (χ4v) is 2.76. The molecule has 6 nitrogen and oxygen atoms in total. The summed E-state index contributed by atoms with van der Waals surface area (Å²) in [6.07, 6.45) is 0.781. The summed E-state index contributed by atoms with van der Waals surface area (Å²) in [5.41, 5.74) is -0.375. The highest BCUT2D eigenvalue weighted by molar-refractivity contribution is 6.31. The van der Waals surface area contributed by atoms with E-state index >= 15 is 0 Å². The Kier molecular flexibility index (Phi) is 5.83. The first-order valence-electron chi connectivity index (χ1n) is 7.86. The molecule has 0 spiro atoms. The molecule has 0 aliphatic carbocycles. The molecule has 1 aliphatic rings. The Labute approximate surface area is 146 Å². The number of nitrogens with zero attached hydrogens (tertiary/aromatic N) is 2. The van der Waals surface area contributed by atoms with Crippen molar-refractivity contribution in [3.8, 4) is 0 Å². The third kappa shape index (κ3) is 4.06. The minimum Gasteiger partial charge on any atom is -0.351 e. The minimum absolute atomic E-state index is 0.232. The number of benzene rings is 1. The lowest BCUT2D eigenvalue weighted by Gasteiger charge is -2.36. The lowest BCUT2D eigenvalue weighted by molar-refractivity contribution is -0.150. The van der Waals surface area contributed by atoms with Gasteiger partial charge in [-0.05, 0) is 25.5 Å². The molecule has 24 heavy (non-hydrogen) atoms. The summed E-state index contributed by atoms with van der Waals surface area (Å²) >= 11 is 6.07. The molecule has 1 aliphatic heterocycles. The number of nitrogens with one attached hydrogen (secondary N) is 1. The molecule has 1 saturated heterocycles. The molecule has 1 fully saturated rings. The lowest BCUT2D eigenvalue weighted by Crippen LogP contribution is -2.55. The summed E-state index contributed by atoms with van der Waals surface area (Å²) in [7, 11) is 0. The highest BCUT2D eigenvalue weighted by Gasteiger charge is 2.39. The number of halogens is 1. The second-order valence-corrected chi connectivity index (χ2v) is 6.74. The van der Waals surface area contributed by atoms with E-state index in [0.29, 0.717) is 31.2 Å². The van der Waals surface area contributed by atoms with Crippen molar-refractivity contribution in [1.29, 1.82) is 0 Å². The molecule has 7 heteroatoms. The molecule has 3 amide bonds. The normalized spacial score (nSPS) is 15.1. The Balaban J connectivity index is 1.95. The second-order valence-electron chi connectivity index (χ2n) is 6.33. The van der Waals surface area contributed by atoms with E-state index in [0.717, 1.165) is 12.0 Å². The molecule has 0 radical (unpaired) electrons. The molecule has 130 valence electrons. The number of carbonyl (C=O) groups is 3. The molecule has 0 atom stereocenters. The van der Waals surface area contributed by atoms with E-state index in [9.17, 15) is 14.4 Å². The first-order valence-corrected chi connectivity index (χ1v) is 8.24.